The van der Waals surface area contributed by atoms with Crippen LogP contribution in [0.4, 0.5) is 0 Å². The number of aldehydes is 1. The maximum absolute atomic E-state index is 10.8. The highest BCUT2D eigenvalue weighted by atomic mass is 16.1. The van der Waals surface area contributed by atoms with Gasteiger partial charge in [-0.05, 0) is 12.0 Å². The zero-order valence-corrected chi connectivity index (χ0v) is 8.82. The minimum absolute atomic E-state index is 0.355. The molecule has 78 valence electrons. The van der Waals surface area contributed by atoms with Crippen molar-refractivity contribution in [2.45, 2.75) is 20.3 Å². The first-order chi connectivity index (χ1) is 7.12. The van der Waals surface area contributed by atoms with E-state index in [0.717, 1.165) is 23.0 Å². The highest BCUT2D eigenvalue weighted by Crippen LogP contribution is 2.23. The van der Waals surface area contributed by atoms with Gasteiger partial charge in [0.2, 0.25) is 0 Å². The first kappa shape index (κ1) is 9.83. The van der Waals surface area contributed by atoms with Gasteiger partial charge in [0.25, 0.3) is 0 Å². The molecule has 2 rings (SSSR count). The highest BCUT2D eigenvalue weighted by molar-refractivity contribution is 5.75. The number of aromatic nitrogens is 3. The summed E-state index contributed by atoms with van der Waals surface area (Å²) in [5.74, 6) is 0. The Labute approximate surface area is 87.7 Å². The number of hydrogen-bond donors (Lipinski definition) is 1. The molecule has 0 radical (unpaired) electrons. The summed E-state index contributed by atoms with van der Waals surface area (Å²) in [5, 5.41) is 0. The first-order valence-corrected chi connectivity index (χ1v) is 4.86. The SMILES string of the molecule is CC(C)(C=O)Cc1c[nH]c2nccnc12. The van der Waals surface area contributed by atoms with Crippen LogP contribution in [0.5, 0.6) is 0 Å². The molecule has 0 amide bonds. The fourth-order valence-corrected chi connectivity index (χ4v) is 1.57. The van der Waals surface area contributed by atoms with E-state index in [4.69, 9.17) is 0 Å². The van der Waals surface area contributed by atoms with Crippen LogP contribution in [-0.4, -0.2) is 21.2 Å². The lowest BCUT2D eigenvalue weighted by atomic mass is 9.88. The summed E-state index contributed by atoms with van der Waals surface area (Å²) in [6.07, 6.45) is 6.83. The van der Waals surface area contributed by atoms with E-state index in [2.05, 4.69) is 15.0 Å². The predicted octanol–water partition coefficient (Wildman–Crippen LogP) is 1.73. The second-order valence-corrected chi connectivity index (χ2v) is 4.35. The number of nitrogens with zero attached hydrogens (tertiary/aromatic N) is 2. The molecule has 0 saturated carbocycles. The lowest BCUT2D eigenvalue weighted by Gasteiger charge is -2.14. The van der Waals surface area contributed by atoms with Gasteiger partial charge in [-0.2, -0.15) is 0 Å². The van der Waals surface area contributed by atoms with Gasteiger partial charge in [0.1, 0.15) is 11.8 Å². The molecular weight excluding hydrogens is 190 g/mol. The van der Waals surface area contributed by atoms with E-state index < -0.39 is 0 Å². The lowest BCUT2D eigenvalue weighted by Crippen LogP contribution is -2.16. The number of carbonyl (C=O) groups excluding carboxylic acids is 1. The molecular formula is C11H13N3O. The summed E-state index contributed by atoms with van der Waals surface area (Å²) in [6.45, 7) is 3.82. The molecule has 2 aromatic heterocycles. The molecule has 0 saturated heterocycles. The summed E-state index contributed by atoms with van der Waals surface area (Å²) in [5.41, 5.74) is 2.31. The van der Waals surface area contributed by atoms with Crippen LogP contribution in [0.1, 0.15) is 19.4 Å². The molecule has 0 aliphatic carbocycles. The van der Waals surface area contributed by atoms with Crippen LogP contribution in [-0.2, 0) is 11.2 Å². The summed E-state index contributed by atoms with van der Waals surface area (Å²) < 4.78 is 0. The van der Waals surface area contributed by atoms with E-state index in [1.54, 1.807) is 12.4 Å². The average molecular weight is 203 g/mol. The smallest absolute Gasteiger partial charge is 0.156 e. The van der Waals surface area contributed by atoms with E-state index in [0.29, 0.717) is 6.42 Å². The predicted molar refractivity (Wildman–Crippen MR) is 57.4 cm³/mol. The molecule has 1 N–H and O–H groups in total. The van der Waals surface area contributed by atoms with E-state index in [1.165, 1.54) is 0 Å². The highest BCUT2D eigenvalue weighted by Gasteiger charge is 2.19. The Balaban J connectivity index is 2.41. The van der Waals surface area contributed by atoms with Crippen molar-refractivity contribution in [3.05, 3.63) is 24.2 Å². The van der Waals surface area contributed by atoms with Gasteiger partial charge >= 0.3 is 0 Å². The molecule has 0 aromatic carbocycles. The van der Waals surface area contributed by atoms with Crippen molar-refractivity contribution in [1.82, 2.24) is 15.0 Å². The molecule has 0 unspecified atom stereocenters. The normalized spacial score (nSPS) is 11.9. The third-order valence-electron chi connectivity index (χ3n) is 2.35. The summed E-state index contributed by atoms with van der Waals surface area (Å²) in [7, 11) is 0. The van der Waals surface area contributed by atoms with Gasteiger partial charge in [0.15, 0.2) is 5.65 Å². The Hall–Kier alpha value is -1.71. The maximum Gasteiger partial charge on any atom is 0.156 e. The number of hydrogen-bond acceptors (Lipinski definition) is 3. The number of aromatic amines is 1. The van der Waals surface area contributed by atoms with Crippen LogP contribution in [0, 0.1) is 5.41 Å². The number of rotatable bonds is 3. The van der Waals surface area contributed by atoms with Gasteiger partial charge in [-0.15, -0.1) is 0 Å². The molecule has 15 heavy (non-hydrogen) atoms. The first-order valence-electron chi connectivity index (χ1n) is 4.86. The maximum atomic E-state index is 10.8. The Morgan fingerprint density at radius 3 is 2.87 bits per heavy atom. The zero-order valence-electron chi connectivity index (χ0n) is 8.82. The van der Waals surface area contributed by atoms with Crippen molar-refractivity contribution in [1.29, 1.82) is 0 Å². The van der Waals surface area contributed by atoms with Crippen molar-refractivity contribution < 1.29 is 4.79 Å². The number of nitrogens with one attached hydrogen (secondary N) is 1. The van der Waals surface area contributed by atoms with Crippen LogP contribution in [0.15, 0.2) is 18.6 Å². The quantitative estimate of drug-likeness (QED) is 0.773. The Morgan fingerprint density at radius 1 is 1.40 bits per heavy atom. The number of fused-ring (bicyclic) bond motifs is 1. The van der Waals surface area contributed by atoms with Crippen molar-refractivity contribution in [3.63, 3.8) is 0 Å². The third kappa shape index (κ3) is 1.88. The van der Waals surface area contributed by atoms with Gasteiger partial charge in [-0.1, -0.05) is 13.8 Å². The van der Waals surface area contributed by atoms with Gasteiger partial charge in [-0.3, -0.25) is 4.98 Å². The zero-order chi connectivity index (χ0) is 10.9. The fraction of sp³-hybridized carbons (Fsp3) is 0.364. The van der Waals surface area contributed by atoms with Gasteiger partial charge in [0.05, 0.1) is 0 Å². The number of H-pyrrole nitrogens is 1. The van der Waals surface area contributed by atoms with Crippen LogP contribution in [0.2, 0.25) is 0 Å². The van der Waals surface area contributed by atoms with E-state index in [-0.39, 0.29) is 5.41 Å². The van der Waals surface area contributed by atoms with Crippen molar-refractivity contribution >= 4 is 17.5 Å². The Morgan fingerprint density at radius 2 is 2.13 bits per heavy atom. The summed E-state index contributed by atoms with van der Waals surface area (Å²) in [4.78, 5) is 22.3. The fourth-order valence-electron chi connectivity index (χ4n) is 1.57. The average Bonchev–Trinajstić information content (AvgIpc) is 2.62. The second kappa shape index (κ2) is 3.46. The van der Waals surface area contributed by atoms with Gasteiger partial charge in [-0.25, -0.2) is 4.98 Å². The summed E-state index contributed by atoms with van der Waals surface area (Å²) in [6, 6.07) is 0. The molecule has 0 aliphatic heterocycles. The largest absolute Gasteiger partial charge is 0.345 e. The molecule has 0 atom stereocenters. The third-order valence-corrected chi connectivity index (χ3v) is 2.35. The van der Waals surface area contributed by atoms with Crippen molar-refractivity contribution in [2.75, 3.05) is 0 Å². The van der Waals surface area contributed by atoms with E-state index in [9.17, 15) is 4.79 Å². The van der Waals surface area contributed by atoms with Crippen LogP contribution in [0.3, 0.4) is 0 Å². The van der Waals surface area contributed by atoms with E-state index >= 15 is 0 Å². The second-order valence-electron chi connectivity index (χ2n) is 4.35. The molecule has 0 fully saturated rings. The molecule has 2 heterocycles. The van der Waals surface area contributed by atoms with Crippen molar-refractivity contribution in [3.8, 4) is 0 Å². The monoisotopic (exact) mass is 203 g/mol. The van der Waals surface area contributed by atoms with Crippen LogP contribution < -0.4 is 0 Å². The summed E-state index contributed by atoms with van der Waals surface area (Å²) >= 11 is 0. The molecule has 4 heteroatoms. The van der Waals surface area contributed by atoms with Crippen LogP contribution >= 0.6 is 0 Å². The topological polar surface area (TPSA) is 58.6 Å². The molecule has 0 spiro atoms. The van der Waals surface area contributed by atoms with Crippen LogP contribution in [0.25, 0.3) is 11.2 Å². The lowest BCUT2D eigenvalue weighted by molar-refractivity contribution is -0.114. The Bertz CT molecular complexity index is 487. The van der Waals surface area contributed by atoms with Crippen molar-refractivity contribution in [2.24, 2.45) is 5.41 Å². The minimum Gasteiger partial charge on any atom is -0.345 e. The number of carbonyl (C=O) groups is 1. The minimum atomic E-state index is -0.355. The Kier molecular flexibility index (Phi) is 2.26. The van der Waals surface area contributed by atoms with Gasteiger partial charge < -0.3 is 9.78 Å². The standard InChI is InChI=1S/C11H13N3O/c1-11(2,7-15)5-8-6-14-10-9(8)12-3-4-13-10/h3-4,6-7H,5H2,1-2H3,(H,13,14). The van der Waals surface area contributed by atoms with Gasteiger partial charge in [0, 0.05) is 24.0 Å². The molecule has 0 bridgehead atoms. The molecule has 4 nitrogen and oxygen atoms in total. The molecule has 2 aromatic rings. The van der Waals surface area contributed by atoms with E-state index in [1.807, 2.05) is 20.0 Å². The molecule has 0 aliphatic rings.